The number of nitrogens with one attached hydrogen (secondary N) is 1. The molecule has 1 unspecified atom stereocenters. The summed E-state index contributed by atoms with van der Waals surface area (Å²) in [7, 11) is 0. The first kappa shape index (κ1) is 18.8. The SMILES string of the molecule is CCN(CC)C(=O)c1ccccc1NC(=O)C(C)N1CCSCC1. The van der Waals surface area contributed by atoms with Crippen molar-refractivity contribution in [1.82, 2.24) is 9.80 Å². The summed E-state index contributed by atoms with van der Waals surface area (Å²) in [5, 5.41) is 2.96. The third-order valence-corrected chi connectivity index (χ3v) is 5.38. The third kappa shape index (κ3) is 4.51. The van der Waals surface area contributed by atoms with E-state index >= 15 is 0 Å². The summed E-state index contributed by atoms with van der Waals surface area (Å²) in [6.45, 7) is 9.01. The molecule has 0 saturated carbocycles. The Balaban J connectivity index is 2.11. The molecule has 0 radical (unpaired) electrons. The van der Waals surface area contributed by atoms with Gasteiger partial charge in [-0.3, -0.25) is 14.5 Å². The molecule has 5 nitrogen and oxygen atoms in total. The average Bonchev–Trinajstić information content (AvgIpc) is 2.63. The van der Waals surface area contributed by atoms with Crippen LogP contribution in [0.2, 0.25) is 0 Å². The molecule has 1 aliphatic rings. The highest BCUT2D eigenvalue weighted by Crippen LogP contribution is 2.19. The van der Waals surface area contributed by atoms with Crippen LogP contribution in [0.25, 0.3) is 0 Å². The number of rotatable bonds is 6. The van der Waals surface area contributed by atoms with Gasteiger partial charge in [0.2, 0.25) is 5.91 Å². The normalized spacial score (nSPS) is 16.5. The van der Waals surface area contributed by atoms with E-state index in [0.717, 1.165) is 24.6 Å². The van der Waals surface area contributed by atoms with Gasteiger partial charge in [0, 0.05) is 37.7 Å². The Hall–Kier alpha value is -1.53. The van der Waals surface area contributed by atoms with Gasteiger partial charge in [0.15, 0.2) is 0 Å². The Morgan fingerprint density at radius 3 is 2.46 bits per heavy atom. The average molecular weight is 350 g/mol. The Bertz CT molecular complexity index is 569. The van der Waals surface area contributed by atoms with Gasteiger partial charge in [-0.2, -0.15) is 11.8 Å². The molecule has 1 atom stereocenters. The van der Waals surface area contributed by atoms with Gasteiger partial charge < -0.3 is 10.2 Å². The molecule has 24 heavy (non-hydrogen) atoms. The monoisotopic (exact) mass is 349 g/mol. The van der Waals surface area contributed by atoms with E-state index in [1.165, 1.54) is 0 Å². The van der Waals surface area contributed by atoms with Gasteiger partial charge in [0.05, 0.1) is 17.3 Å². The highest BCUT2D eigenvalue weighted by atomic mass is 32.2. The lowest BCUT2D eigenvalue weighted by Crippen LogP contribution is -2.46. The summed E-state index contributed by atoms with van der Waals surface area (Å²) >= 11 is 1.92. The van der Waals surface area contributed by atoms with E-state index in [2.05, 4.69) is 10.2 Å². The van der Waals surface area contributed by atoms with Crippen LogP contribution >= 0.6 is 11.8 Å². The van der Waals surface area contributed by atoms with Gasteiger partial charge in [0.25, 0.3) is 5.91 Å². The maximum absolute atomic E-state index is 12.6. The van der Waals surface area contributed by atoms with Crippen LogP contribution in [-0.4, -0.2) is 65.3 Å². The number of nitrogens with zero attached hydrogens (tertiary/aromatic N) is 2. The van der Waals surface area contributed by atoms with Crippen LogP contribution in [-0.2, 0) is 4.79 Å². The maximum atomic E-state index is 12.6. The number of carbonyl (C=O) groups is 2. The highest BCUT2D eigenvalue weighted by molar-refractivity contribution is 7.99. The summed E-state index contributed by atoms with van der Waals surface area (Å²) in [6.07, 6.45) is 0. The first-order valence-electron chi connectivity index (χ1n) is 8.59. The topological polar surface area (TPSA) is 52.7 Å². The van der Waals surface area contributed by atoms with E-state index in [9.17, 15) is 9.59 Å². The minimum absolute atomic E-state index is 0.0436. The first-order valence-corrected chi connectivity index (χ1v) is 9.74. The number of hydrogen-bond acceptors (Lipinski definition) is 4. The van der Waals surface area contributed by atoms with E-state index in [-0.39, 0.29) is 17.9 Å². The number of carbonyl (C=O) groups excluding carboxylic acids is 2. The standard InChI is InChI=1S/C18H27N3O2S/c1-4-20(5-2)18(23)15-8-6-7-9-16(15)19-17(22)14(3)21-10-12-24-13-11-21/h6-9,14H,4-5,10-13H2,1-3H3,(H,19,22). The molecule has 1 N–H and O–H groups in total. The van der Waals surface area contributed by atoms with Crippen molar-refractivity contribution in [2.45, 2.75) is 26.8 Å². The largest absolute Gasteiger partial charge is 0.339 e. The van der Waals surface area contributed by atoms with E-state index < -0.39 is 0 Å². The van der Waals surface area contributed by atoms with Crippen molar-refractivity contribution in [1.29, 1.82) is 0 Å². The molecule has 132 valence electrons. The Morgan fingerprint density at radius 2 is 1.83 bits per heavy atom. The minimum atomic E-state index is -0.192. The van der Waals surface area contributed by atoms with Crippen LogP contribution in [0.1, 0.15) is 31.1 Å². The predicted octanol–water partition coefficient (Wildman–Crippen LogP) is 2.54. The van der Waals surface area contributed by atoms with Crippen LogP contribution in [0, 0.1) is 0 Å². The lowest BCUT2D eigenvalue weighted by molar-refractivity contribution is -0.120. The lowest BCUT2D eigenvalue weighted by atomic mass is 10.1. The molecule has 6 heteroatoms. The summed E-state index contributed by atoms with van der Waals surface area (Å²) < 4.78 is 0. The van der Waals surface area contributed by atoms with Crippen LogP contribution in [0.3, 0.4) is 0 Å². The summed E-state index contributed by atoms with van der Waals surface area (Å²) in [4.78, 5) is 29.2. The Labute approximate surface area is 148 Å². The molecule has 0 aromatic heterocycles. The van der Waals surface area contributed by atoms with Gasteiger partial charge >= 0.3 is 0 Å². The predicted molar refractivity (Wildman–Crippen MR) is 101 cm³/mol. The molecular weight excluding hydrogens is 322 g/mol. The highest BCUT2D eigenvalue weighted by Gasteiger charge is 2.24. The van der Waals surface area contributed by atoms with Crippen molar-refractivity contribution in [2.24, 2.45) is 0 Å². The molecule has 1 aliphatic heterocycles. The Kier molecular flexibility index (Phi) is 7.12. The van der Waals surface area contributed by atoms with Gasteiger partial charge in [-0.1, -0.05) is 12.1 Å². The number of hydrogen-bond donors (Lipinski definition) is 1. The van der Waals surface area contributed by atoms with Crippen molar-refractivity contribution in [3.8, 4) is 0 Å². The minimum Gasteiger partial charge on any atom is -0.339 e. The number of para-hydroxylation sites is 1. The number of thioether (sulfide) groups is 1. The molecule has 2 rings (SSSR count). The summed E-state index contributed by atoms with van der Waals surface area (Å²) in [5.74, 6) is 2.03. The molecule has 2 amide bonds. The zero-order chi connectivity index (χ0) is 17.5. The number of amides is 2. The van der Waals surface area contributed by atoms with Crippen molar-refractivity contribution in [3.63, 3.8) is 0 Å². The van der Waals surface area contributed by atoms with Crippen LogP contribution < -0.4 is 5.32 Å². The molecule has 1 saturated heterocycles. The van der Waals surface area contributed by atoms with E-state index in [1.54, 1.807) is 17.0 Å². The van der Waals surface area contributed by atoms with Gasteiger partial charge in [-0.25, -0.2) is 0 Å². The Morgan fingerprint density at radius 1 is 1.21 bits per heavy atom. The number of anilines is 1. The first-order chi connectivity index (χ1) is 11.6. The second kappa shape index (κ2) is 9.08. The van der Waals surface area contributed by atoms with E-state index in [1.807, 2.05) is 44.7 Å². The molecular formula is C18H27N3O2S. The van der Waals surface area contributed by atoms with Crippen LogP contribution in [0.5, 0.6) is 0 Å². The molecule has 0 spiro atoms. The summed E-state index contributed by atoms with van der Waals surface area (Å²) in [6, 6.07) is 7.06. The molecule has 1 heterocycles. The zero-order valence-electron chi connectivity index (χ0n) is 14.7. The van der Waals surface area contributed by atoms with Crippen molar-refractivity contribution in [3.05, 3.63) is 29.8 Å². The van der Waals surface area contributed by atoms with E-state index in [4.69, 9.17) is 0 Å². The fourth-order valence-corrected chi connectivity index (χ4v) is 3.76. The fraction of sp³-hybridized carbons (Fsp3) is 0.556. The number of benzene rings is 1. The molecule has 1 fully saturated rings. The van der Waals surface area contributed by atoms with Crippen LogP contribution in [0.15, 0.2) is 24.3 Å². The molecule has 0 aliphatic carbocycles. The van der Waals surface area contributed by atoms with Crippen molar-refractivity contribution >= 4 is 29.3 Å². The van der Waals surface area contributed by atoms with Gasteiger partial charge in [-0.05, 0) is 32.9 Å². The second-order valence-electron chi connectivity index (χ2n) is 5.84. The lowest BCUT2D eigenvalue weighted by Gasteiger charge is -2.31. The molecule has 1 aromatic carbocycles. The molecule has 1 aromatic rings. The second-order valence-corrected chi connectivity index (χ2v) is 7.06. The van der Waals surface area contributed by atoms with Crippen molar-refractivity contribution < 1.29 is 9.59 Å². The zero-order valence-corrected chi connectivity index (χ0v) is 15.6. The smallest absolute Gasteiger partial charge is 0.255 e. The quantitative estimate of drug-likeness (QED) is 0.857. The van der Waals surface area contributed by atoms with Crippen molar-refractivity contribution in [2.75, 3.05) is 43.0 Å². The summed E-state index contributed by atoms with van der Waals surface area (Å²) in [5.41, 5.74) is 1.15. The van der Waals surface area contributed by atoms with Crippen LogP contribution in [0.4, 0.5) is 5.69 Å². The van der Waals surface area contributed by atoms with E-state index in [0.29, 0.717) is 24.3 Å². The van der Waals surface area contributed by atoms with Gasteiger partial charge in [0.1, 0.15) is 0 Å². The maximum Gasteiger partial charge on any atom is 0.255 e. The third-order valence-electron chi connectivity index (χ3n) is 4.44. The fourth-order valence-electron chi connectivity index (χ4n) is 2.83. The molecule has 0 bridgehead atoms. The van der Waals surface area contributed by atoms with Gasteiger partial charge in [-0.15, -0.1) is 0 Å².